The van der Waals surface area contributed by atoms with Crippen LogP contribution in [0.1, 0.15) is 0 Å². The van der Waals surface area contributed by atoms with Crippen molar-refractivity contribution in [2.24, 2.45) is 0 Å². The number of benzene rings is 1. The van der Waals surface area contributed by atoms with Crippen molar-refractivity contribution in [3.63, 3.8) is 0 Å². The first-order valence-electron chi connectivity index (χ1n) is 3.32. The predicted molar refractivity (Wildman–Crippen MR) is 61.8 cm³/mol. The van der Waals surface area contributed by atoms with Gasteiger partial charge in [-0.3, -0.25) is 0 Å². The summed E-state index contributed by atoms with van der Waals surface area (Å²) in [5.74, 6) is 0. The molecular formula is C8H6S4. The lowest BCUT2D eigenvalue weighted by atomic mass is 10.3. The Labute approximate surface area is 91.0 Å². The minimum atomic E-state index is 1.03. The molecule has 2 rings (SSSR count). The quantitative estimate of drug-likeness (QED) is 0.648. The van der Waals surface area contributed by atoms with E-state index in [1.165, 1.54) is 9.79 Å². The number of rotatable bonds is 0. The van der Waals surface area contributed by atoms with Gasteiger partial charge >= 0.3 is 0 Å². The molecule has 0 amide bonds. The van der Waals surface area contributed by atoms with Crippen molar-refractivity contribution >= 4 is 48.8 Å². The van der Waals surface area contributed by atoms with Gasteiger partial charge < -0.3 is 0 Å². The summed E-state index contributed by atoms with van der Waals surface area (Å²) in [7, 11) is 0. The monoisotopic (exact) mass is 230 g/mol. The molecule has 1 aliphatic rings. The highest BCUT2D eigenvalue weighted by Gasteiger charge is 2.11. The van der Waals surface area contributed by atoms with E-state index in [9.17, 15) is 0 Å². The van der Waals surface area contributed by atoms with Crippen LogP contribution in [-0.4, -0.2) is 0 Å². The molecular weight excluding hydrogens is 224 g/mol. The van der Waals surface area contributed by atoms with E-state index in [0.29, 0.717) is 0 Å². The zero-order valence-corrected chi connectivity index (χ0v) is 9.44. The summed E-state index contributed by atoms with van der Waals surface area (Å²) in [6.07, 6.45) is 0. The molecule has 1 aliphatic heterocycles. The molecule has 1 aromatic rings. The fourth-order valence-corrected chi connectivity index (χ4v) is 3.62. The van der Waals surface area contributed by atoms with E-state index in [1.807, 2.05) is 12.1 Å². The summed E-state index contributed by atoms with van der Waals surface area (Å²) in [4.78, 5) is 4.51. The maximum Gasteiger partial charge on any atom is 0.0400 e. The van der Waals surface area contributed by atoms with Crippen LogP contribution < -0.4 is 0 Å². The Bertz CT molecular complexity index is 310. The molecule has 0 N–H and O–H groups in total. The molecule has 0 bridgehead atoms. The van der Waals surface area contributed by atoms with Crippen molar-refractivity contribution < 1.29 is 0 Å². The largest absolute Gasteiger partial charge is 0.142 e. The van der Waals surface area contributed by atoms with E-state index in [4.69, 9.17) is 0 Å². The second-order valence-electron chi connectivity index (χ2n) is 2.27. The van der Waals surface area contributed by atoms with Gasteiger partial charge in [0.2, 0.25) is 0 Å². The SMILES string of the molecule is Sc1ccc(S)c2c1SC=CS2. The summed E-state index contributed by atoms with van der Waals surface area (Å²) in [5, 5.41) is 4.14. The first-order valence-corrected chi connectivity index (χ1v) is 5.97. The highest BCUT2D eigenvalue weighted by molar-refractivity contribution is 8.08. The smallest absolute Gasteiger partial charge is 0.0400 e. The summed E-state index contributed by atoms with van der Waals surface area (Å²) in [6, 6.07) is 3.97. The molecule has 0 spiro atoms. The average Bonchev–Trinajstić information content (AvgIpc) is 2.12. The summed E-state index contributed by atoms with van der Waals surface area (Å²) in [5.41, 5.74) is 0. The molecule has 0 fully saturated rings. The lowest BCUT2D eigenvalue weighted by Crippen LogP contribution is -1.84. The molecule has 1 aromatic carbocycles. The van der Waals surface area contributed by atoms with E-state index in [-0.39, 0.29) is 0 Å². The maximum absolute atomic E-state index is 4.38. The number of hydrogen-bond donors (Lipinski definition) is 2. The van der Waals surface area contributed by atoms with E-state index >= 15 is 0 Å². The molecule has 12 heavy (non-hydrogen) atoms. The van der Waals surface area contributed by atoms with Crippen LogP contribution in [0.4, 0.5) is 0 Å². The van der Waals surface area contributed by atoms with E-state index in [0.717, 1.165) is 9.79 Å². The molecule has 0 aliphatic carbocycles. The van der Waals surface area contributed by atoms with Gasteiger partial charge in [-0.2, -0.15) is 0 Å². The van der Waals surface area contributed by atoms with Crippen molar-refractivity contribution in [1.82, 2.24) is 0 Å². The van der Waals surface area contributed by atoms with E-state index < -0.39 is 0 Å². The van der Waals surface area contributed by atoms with Crippen LogP contribution >= 0.6 is 48.8 Å². The third kappa shape index (κ3) is 1.53. The average molecular weight is 230 g/mol. The van der Waals surface area contributed by atoms with Gasteiger partial charge in [0.15, 0.2) is 0 Å². The minimum Gasteiger partial charge on any atom is -0.142 e. The molecule has 0 saturated carbocycles. The van der Waals surface area contributed by atoms with Crippen LogP contribution in [0.3, 0.4) is 0 Å². The molecule has 0 radical (unpaired) electrons. The third-order valence-corrected chi connectivity index (χ3v) is 4.71. The lowest BCUT2D eigenvalue weighted by molar-refractivity contribution is 1.04. The Morgan fingerprint density at radius 1 is 0.833 bits per heavy atom. The number of fused-ring (bicyclic) bond motifs is 1. The first-order chi connectivity index (χ1) is 5.79. The van der Waals surface area contributed by atoms with Crippen LogP contribution in [0, 0.1) is 0 Å². The second-order valence-corrected chi connectivity index (χ2v) is 5.07. The molecule has 0 aromatic heterocycles. The Morgan fingerprint density at radius 3 is 1.67 bits per heavy atom. The highest BCUT2D eigenvalue weighted by atomic mass is 32.2. The molecule has 0 nitrogen and oxygen atoms in total. The molecule has 0 saturated heterocycles. The van der Waals surface area contributed by atoms with Crippen LogP contribution in [0.15, 0.2) is 42.5 Å². The van der Waals surface area contributed by atoms with Crippen molar-refractivity contribution in [2.75, 3.05) is 0 Å². The molecule has 1 heterocycles. The fourth-order valence-electron chi connectivity index (χ4n) is 0.961. The third-order valence-electron chi connectivity index (χ3n) is 1.50. The Hall–Kier alpha value is 0.360. The van der Waals surface area contributed by atoms with Gasteiger partial charge in [0.1, 0.15) is 0 Å². The Balaban J connectivity index is 2.61. The van der Waals surface area contributed by atoms with Gasteiger partial charge in [-0.15, -0.1) is 25.3 Å². The zero-order valence-electron chi connectivity index (χ0n) is 6.02. The second kappa shape index (κ2) is 3.62. The van der Waals surface area contributed by atoms with Gasteiger partial charge in [-0.05, 0) is 22.9 Å². The van der Waals surface area contributed by atoms with Crippen LogP contribution in [0.25, 0.3) is 0 Å². The standard InChI is InChI=1S/C8H6S4/c9-5-1-2-6(10)8-7(5)11-3-4-12-8/h1-4,9-10H. The predicted octanol–water partition coefficient (Wildman–Crippen LogP) is 3.93. The van der Waals surface area contributed by atoms with Crippen molar-refractivity contribution in [2.45, 2.75) is 19.6 Å². The van der Waals surface area contributed by atoms with Crippen LogP contribution in [0.2, 0.25) is 0 Å². The fraction of sp³-hybridized carbons (Fsp3) is 0. The number of thiol groups is 2. The van der Waals surface area contributed by atoms with Gasteiger partial charge in [0, 0.05) is 19.6 Å². The Morgan fingerprint density at radius 2 is 1.25 bits per heavy atom. The molecule has 62 valence electrons. The summed E-state index contributed by atoms with van der Waals surface area (Å²) in [6.45, 7) is 0. The van der Waals surface area contributed by atoms with E-state index in [1.54, 1.807) is 23.5 Å². The first kappa shape index (κ1) is 8.94. The molecule has 0 unspecified atom stereocenters. The Kier molecular flexibility index (Phi) is 2.69. The van der Waals surface area contributed by atoms with E-state index in [2.05, 4.69) is 36.1 Å². The molecule has 4 heteroatoms. The van der Waals surface area contributed by atoms with Crippen molar-refractivity contribution in [3.05, 3.63) is 22.9 Å². The maximum atomic E-state index is 4.38. The van der Waals surface area contributed by atoms with Crippen LogP contribution in [-0.2, 0) is 0 Å². The van der Waals surface area contributed by atoms with Gasteiger partial charge in [-0.1, -0.05) is 23.5 Å². The van der Waals surface area contributed by atoms with Crippen molar-refractivity contribution in [3.8, 4) is 0 Å². The zero-order chi connectivity index (χ0) is 8.55. The normalized spacial score (nSPS) is 14.5. The minimum absolute atomic E-state index is 1.03. The molecule has 0 atom stereocenters. The van der Waals surface area contributed by atoms with Crippen molar-refractivity contribution in [1.29, 1.82) is 0 Å². The number of hydrogen-bond acceptors (Lipinski definition) is 4. The summed E-state index contributed by atoms with van der Waals surface area (Å²) >= 11 is 12.2. The topological polar surface area (TPSA) is 0 Å². The lowest BCUT2D eigenvalue weighted by Gasteiger charge is -2.13. The highest BCUT2D eigenvalue weighted by Crippen LogP contribution is 2.44. The van der Waals surface area contributed by atoms with Crippen LogP contribution in [0.5, 0.6) is 0 Å². The van der Waals surface area contributed by atoms with Gasteiger partial charge in [0.05, 0.1) is 0 Å². The van der Waals surface area contributed by atoms with Gasteiger partial charge in [-0.25, -0.2) is 0 Å². The number of thioether (sulfide) groups is 2. The summed E-state index contributed by atoms with van der Waals surface area (Å²) < 4.78 is 0. The van der Waals surface area contributed by atoms with Gasteiger partial charge in [0.25, 0.3) is 0 Å².